The van der Waals surface area contributed by atoms with Gasteiger partial charge in [-0.2, -0.15) is 0 Å². The van der Waals surface area contributed by atoms with Crippen molar-refractivity contribution in [2.45, 2.75) is 25.4 Å². The summed E-state index contributed by atoms with van der Waals surface area (Å²) in [5.74, 6) is -0.516. The Balaban J connectivity index is 1.35. The lowest BCUT2D eigenvalue weighted by Crippen LogP contribution is -2.45. The van der Waals surface area contributed by atoms with Crippen molar-refractivity contribution in [1.29, 1.82) is 0 Å². The van der Waals surface area contributed by atoms with E-state index < -0.39 is 6.04 Å². The molecule has 0 aliphatic carbocycles. The van der Waals surface area contributed by atoms with E-state index in [2.05, 4.69) is 15.3 Å². The van der Waals surface area contributed by atoms with Crippen molar-refractivity contribution in [3.05, 3.63) is 65.1 Å². The summed E-state index contributed by atoms with van der Waals surface area (Å²) in [6, 6.07) is 14.3. The molecule has 156 valence electrons. The highest BCUT2D eigenvalue weighted by Gasteiger charge is 2.34. The Labute approximate surface area is 181 Å². The molecule has 9 heteroatoms. The van der Waals surface area contributed by atoms with Crippen molar-refractivity contribution in [3.8, 4) is 0 Å². The largest absolute Gasteiger partial charge is 0.329 e. The van der Waals surface area contributed by atoms with Crippen molar-refractivity contribution < 1.29 is 9.59 Å². The van der Waals surface area contributed by atoms with Crippen LogP contribution in [0.5, 0.6) is 0 Å². The molecule has 1 N–H and O–H groups in total. The number of para-hydroxylation sites is 3. The maximum Gasteiger partial charge on any atom is 0.269 e. The minimum Gasteiger partial charge on any atom is -0.329 e. The molecule has 1 atom stereocenters. The maximum atomic E-state index is 13.1. The number of amides is 2. The number of benzene rings is 2. The van der Waals surface area contributed by atoms with E-state index >= 15 is 0 Å². The highest BCUT2D eigenvalue weighted by Crippen LogP contribution is 2.27. The Morgan fingerprint density at radius 3 is 2.71 bits per heavy atom. The fourth-order valence-electron chi connectivity index (χ4n) is 3.96. The number of hydrogen-bond donors (Lipinski definition) is 1. The molecule has 1 saturated heterocycles. The van der Waals surface area contributed by atoms with Crippen LogP contribution in [0.15, 0.2) is 59.5 Å². The normalized spacial score (nSPS) is 16.1. The fourth-order valence-corrected chi connectivity index (χ4v) is 4.82. The highest BCUT2D eigenvalue weighted by molar-refractivity contribution is 7.22. The van der Waals surface area contributed by atoms with E-state index in [1.165, 1.54) is 22.1 Å². The fraction of sp³-hybridized carbons (Fsp3) is 0.227. The van der Waals surface area contributed by atoms with Crippen LogP contribution >= 0.6 is 11.3 Å². The predicted octanol–water partition coefficient (Wildman–Crippen LogP) is 2.64. The summed E-state index contributed by atoms with van der Waals surface area (Å²) in [5, 5.41) is 3.37. The number of anilines is 1. The van der Waals surface area contributed by atoms with Gasteiger partial charge in [0.05, 0.1) is 27.4 Å². The molecule has 2 aromatic carbocycles. The van der Waals surface area contributed by atoms with Crippen LogP contribution in [-0.2, 0) is 16.1 Å². The monoisotopic (exact) mass is 433 g/mol. The summed E-state index contributed by atoms with van der Waals surface area (Å²) in [4.78, 5) is 48.5. The van der Waals surface area contributed by atoms with Gasteiger partial charge in [0, 0.05) is 6.54 Å². The van der Waals surface area contributed by atoms with Crippen molar-refractivity contribution in [2.75, 3.05) is 11.9 Å². The van der Waals surface area contributed by atoms with Crippen LogP contribution in [0.3, 0.4) is 0 Å². The third-order valence-corrected chi connectivity index (χ3v) is 6.40. The van der Waals surface area contributed by atoms with Gasteiger partial charge in [0.25, 0.3) is 5.56 Å². The van der Waals surface area contributed by atoms with E-state index in [1.54, 1.807) is 23.1 Å². The lowest BCUT2D eigenvalue weighted by molar-refractivity contribution is -0.137. The van der Waals surface area contributed by atoms with E-state index in [4.69, 9.17) is 0 Å². The second kappa shape index (κ2) is 7.92. The molecule has 0 radical (unpaired) electrons. The summed E-state index contributed by atoms with van der Waals surface area (Å²) in [6.45, 7) is 0.349. The quantitative estimate of drug-likeness (QED) is 0.534. The van der Waals surface area contributed by atoms with E-state index in [0.717, 1.165) is 16.6 Å². The third-order valence-electron chi connectivity index (χ3n) is 5.45. The van der Waals surface area contributed by atoms with Gasteiger partial charge < -0.3 is 10.2 Å². The molecular formula is C22H19N5O3S. The maximum absolute atomic E-state index is 13.1. The molecule has 0 spiro atoms. The van der Waals surface area contributed by atoms with Crippen LogP contribution < -0.4 is 10.9 Å². The van der Waals surface area contributed by atoms with Crippen LogP contribution in [0.2, 0.25) is 0 Å². The Morgan fingerprint density at radius 2 is 1.87 bits per heavy atom. The van der Waals surface area contributed by atoms with Gasteiger partial charge in [0.15, 0.2) is 5.13 Å². The first kappa shape index (κ1) is 19.4. The SMILES string of the molecule is O=C(Nc1nc2ccccc2s1)C1CCCN1C(=O)Cn1c(=O)cnc2ccccc21. The highest BCUT2D eigenvalue weighted by atomic mass is 32.1. The number of carbonyl (C=O) groups excluding carboxylic acids is 2. The summed E-state index contributed by atoms with van der Waals surface area (Å²) in [5.41, 5.74) is 1.72. The smallest absolute Gasteiger partial charge is 0.269 e. The molecule has 1 aliphatic heterocycles. The average Bonchev–Trinajstić information content (AvgIpc) is 3.42. The first-order valence-electron chi connectivity index (χ1n) is 10.0. The Morgan fingerprint density at radius 1 is 1.10 bits per heavy atom. The minimum absolute atomic E-state index is 0.132. The van der Waals surface area contributed by atoms with Crippen LogP contribution in [-0.4, -0.2) is 43.8 Å². The molecular weight excluding hydrogens is 414 g/mol. The first-order valence-corrected chi connectivity index (χ1v) is 10.8. The molecule has 2 aromatic heterocycles. The molecule has 4 aromatic rings. The third kappa shape index (κ3) is 3.68. The van der Waals surface area contributed by atoms with Crippen LogP contribution in [0.1, 0.15) is 12.8 Å². The molecule has 1 fully saturated rings. The zero-order valence-electron chi connectivity index (χ0n) is 16.5. The molecule has 1 unspecified atom stereocenters. The summed E-state index contributed by atoms with van der Waals surface area (Å²) in [7, 11) is 0. The van der Waals surface area contributed by atoms with Crippen molar-refractivity contribution in [3.63, 3.8) is 0 Å². The Bertz CT molecular complexity index is 1330. The summed E-state index contributed by atoms with van der Waals surface area (Å²) >= 11 is 1.40. The van der Waals surface area contributed by atoms with Crippen LogP contribution in [0.4, 0.5) is 5.13 Å². The van der Waals surface area contributed by atoms with E-state index in [0.29, 0.717) is 29.1 Å². The number of nitrogens with one attached hydrogen (secondary N) is 1. The standard InChI is InChI=1S/C22H19N5O3S/c28-19-12-23-14-6-1-3-8-16(14)27(19)13-20(29)26-11-5-9-17(26)21(30)25-22-24-15-7-2-4-10-18(15)31-22/h1-4,6-8,10,12,17H,5,9,11,13H2,(H,24,25,30). The number of hydrogen-bond acceptors (Lipinski definition) is 6. The van der Waals surface area contributed by atoms with Crippen molar-refractivity contribution >= 4 is 49.5 Å². The summed E-state index contributed by atoms with van der Waals surface area (Å²) in [6.07, 6.45) is 2.53. The number of carbonyl (C=O) groups is 2. The van der Waals surface area contributed by atoms with Gasteiger partial charge in [-0.05, 0) is 37.1 Å². The molecule has 3 heterocycles. The first-order chi connectivity index (χ1) is 15.1. The molecule has 1 aliphatic rings. The van der Waals surface area contributed by atoms with Gasteiger partial charge in [0.2, 0.25) is 11.8 Å². The topological polar surface area (TPSA) is 97.2 Å². The second-order valence-corrected chi connectivity index (χ2v) is 8.42. The lowest BCUT2D eigenvalue weighted by atomic mass is 10.2. The minimum atomic E-state index is -0.580. The van der Waals surface area contributed by atoms with Gasteiger partial charge in [-0.3, -0.25) is 19.0 Å². The number of rotatable bonds is 4. The predicted molar refractivity (Wildman–Crippen MR) is 119 cm³/mol. The number of nitrogens with zero attached hydrogens (tertiary/aromatic N) is 4. The zero-order valence-corrected chi connectivity index (χ0v) is 17.3. The molecule has 8 nitrogen and oxygen atoms in total. The lowest BCUT2D eigenvalue weighted by Gasteiger charge is -2.24. The van der Waals surface area contributed by atoms with Crippen LogP contribution in [0, 0.1) is 0 Å². The molecule has 31 heavy (non-hydrogen) atoms. The van der Waals surface area contributed by atoms with Crippen LogP contribution in [0.25, 0.3) is 21.3 Å². The number of likely N-dealkylation sites (tertiary alicyclic amines) is 1. The van der Waals surface area contributed by atoms with E-state index in [9.17, 15) is 14.4 Å². The molecule has 0 saturated carbocycles. The molecule has 0 bridgehead atoms. The van der Waals surface area contributed by atoms with Crippen molar-refractivity contribution in [2.24, 2.45) is 0 Å². The van der Waals surface area contributed by atoms with Gasteiger partial charge in [0.1, 0.15) is 12.6 Å². The molecule has 2 amide bonds. The average molecular weight is 433 g/mol. The second-order valence-electron chi connectivity index (χ2n) is 7.39. The van der Waals surface area contributed by atoms with Crippen molar-refractivity contribution in [1.82, 2.24) is 19.4 Å². The summed E-state index contributed by atoms with van der Waals surface area (Å²) < 4.78 is 2.40. The Hall–Kier alpha value is -3.59. The van der Waals surface area contributed by atoms with Gasteiger partial charge in [-0.15, -0.1) is 0 Å². The number of aromatic nitrogens is 3. The number of fused-ring (bicyclic) bond motifs is 2. The zero-order chi connectivity index (χ0) is 21.4. The van der Waals surface area contributed by atoms with Gasteiger partial charge >= 0.3 is 0 Å². The van der Waals surface area contributed by atoms with Gasteiger partial charge in [-0.25, -0.2) is 9.97 Å². The number of thiazole rings is 1. The molecule has 5 rings (SSSR count). The van der Waals surface area contributed by atoms with E-state index in [-0.39, 0.29) is 23.9 Å². The van der Waals surface area contributed by atoms with Gasteiger partial charge in [-0.1, -0.05) is 35.6 Å². The Kier molecular flexibility index (Phi) is 4.95. The van der Waals surface area contributed by atoms with E-state index in [1.807, 2.05) is 30.3 Å².